The van der Waals surface area contributed by atoms with E-state index in [1.807, 2.05) is 42.5 Å². The molecule has 3 aromatic carbocycles. The Morgan fingerprint density at radius 1 is 0.867 bits per heavy atom. The van der Waals surface area contributed by atoms with Crippen LogP contribution in [0.25, 0.3) is 0 Å². The van der Waals surface area contributed by atoms with Gasteiger partial charge in [-0.25, -0.2) is 4.90 Å². The molecule has 0 aliphatic carbocycles. The van der Waals surface area contributed by atoms with Gasteiger partial charge in [-0.3, -0.25) is 9.59 Å². The maximum absolute atomic E-state index is 13.3. The number of rotatable bonds is 6. The number of halogens is 1. The first-order valence-electron chi connectivity index (χ1n) is 9.10. The Kier molecular flexibility index (Phi) is 5.79. The summed E-state index contributed by atoms with van der Waals surface area (Å²) in [4.78, 5) is 28.9. The fraction of sp³-hybridized carbons (Fsp3) is 0.0435. The molecule has 0 atom stereocenters. The van der Waals surface area contributed by atoms with Crippen molar-refractivity contribution in [3.63, 3.8) is 0 Å². The van der Waals surface area contributed by atoms with Crippen LogP contribution < -0.4 is 15.0 Å². The Labute approximate surface area is 183 Å². The Hall–Kier alpha value is -3.22. The van der Waals surface area contributed by atoms with E-state index < -0.39 is 11.8 Å². The fourth-order valence-corrected chi connectivity index (χ4v) is 4.22. The quantitative estimate of drug-likeness (QED) is 0.529. The average Bonchev–Trinajstić information content (AvgIpc) is 2.99. The number of hydrogen-bond donors (Lipinski definition) is 1. The summed E-state index contributed by atoms with van der Waals surface area (Å²) in [7, 11) is 1.55. The van der Waals surface area contributed by atoms with Gasteiger partial charge in [-0.1, -0.05) is 65.8 Å². The first-order valence-corrected chi connectivity index (χ1v) is 10.3. The fourth-order valence-electron chi connectivity index (χ4n) is 3.06. The molecule has 0 spiro atoms. The Bertz CT molecular complexity index is 1150. The molecule has 0 fully saturated rings. The van der Waals surface area contributed by atoms with Gasteiger partial charge in [0.25, 0.3) is 11.8 Å². The summed E-state index contributed by atoms with van der Waals surface area (Å²) in [5, 5.41) is 3.43. The van der Waals surface area contributed by atoms with Crippen LogP contribution in [0.5, 0.6) is 5.75 Å². The molecule has 0 saturated heterocycles. The molecule has 0 bridgehead atoms. The molecular weight excluding hydrogens is 420 g/mol. The van der Waals surface area contributed by atoms with Crippen LogP contribution in [-0.4, -0.2) is 18.9 Å². The zero-order valence-electron chi connectivity index (χ0n) is 16.0. The molecular formula is C23H17ClN2O3S. The third kappa shape index (κ3) is 3.79. The van der Waals surface area contributed by atoms with Crippen LogP contribution in [0.2, 0.25) is 5.02 Å². The molecule has 1 N–H and O–H groups in total. The van der Waals surface area contributed by atoms with Crippen LogP contribution in [0, 0.1) is 0 Å². The predicted octanol–water partition coefficient (Wildman–Crippen LogP) is 5.34. The largest absolute Gasteiger partial charge is 0.495 e. The molecule has 0 saturated carbocycles. The minimum atomic E-state index is -0.475. The van der Waals surface area contributed by atoms with Gasteiger partial charge in [0.15, 0.2) is 0 Å². The van der Waals surface area contributed by atoms with Gasteiger partial charge in [0.1, 0.15) is 16.4 Å². The van der Waals surface area contributed by atoms with E-state index in [9.17, 15) is 9.59 Å². The summed E-state index contributed by atoms with van der Waals surface area (Å²) < 4.78 is 5.38. The molecule has 4 rings (SSSR count). The number of nitrogens with one attached hydrogen (secondary N) is 1. The number of carbonyl (C=O) groups excluding carboxylic acids is 2. The lowest BCUT2D eigenvalue weighted by Crippen LogP contribution is -2.32. The molecule has 2 amide bonds. The third-order valence-corrected chi connectivity index (χ3v) is 5.87. The number of methoxy groups -OCH3 is 1. The van der Waals surface area contributed by atoms with E-state index in [1.54, 1.807) is 43.5 Å². The van der Waals surface area contributed by atoms with Gasteiger partial charge in [0, 0.05) is 4.90 Å². The Balaban J connectivity index is 1.79. The summed E-state index contributed by atoms with van der Waals surface area (Å²) >= 11 is 7.52. The second-order valence-corrected chi connectivity index (χ2v) is 7.83. The van der Waals surface area contributed by atoms with Crippen LogP contribution in [-0.2, 0) is 9.59 Å². The predicted molar refractivity (Wildman–Crippen MR) is 120 cm³/mol. The van der Waals surface area contributed by atoms with E-state index in [1.165, 1.54) is 11.8 Å². The lowest BCUT2D eigenvalue weighted by Gasteiger charge is -2.17. The first-order chi connectivity index (χ1) is 14.6. The SMILES string of the molecule is COc1ccccc1NC1=C(Sc2ccccc2)C(=O)N(c2ccccc2Cl)C1=O. The maximum atomic E-state index is 13.3. The summed E-state index contributed by atoms with van der Waals surface area (Å²) in [6.07, 6.45) is 0. The van der Waals surface area contributed by atoms with E-state index in [2.05, 4.69) is 5.32 Å². The van der Waals surface area contributed by atoms with Crippen molar-refractivity contribution in [1.82, 2.24) is 0 Å². The molecule has 1 heterocycles. The lowest BCUT2D eigenvalue weighted by atomic mass is 10.2. The molecule has 5 nitrogen and oxygen atoms in total. The van der Waals surface area contributed by atoms with E-state index >= 15 is 0 Å². The Morgan fingerprint density at radius 2 is 1.53 bits per heavy atom. The summed E-state index contributed by atoms with van der Waals surface area (Å²) in [5.74, 6) is -0.345. The molecule has 0 radical (unpaired) electrons. The monoisotopic (exact) mass is 436 g/mol. The van der Waals surface area contributed by atoms with Gasteiger partial charge in [0.05, 0.1) is 23.5 Å². The topological polar surface area (TPSA) is 58.6 Å². The van der Waals surface area contributed by atoms with Crippen molar-refractivity contribution < 1.29 is 14.3 Å². The van der Waals surface area contributed by atoms with E-state index in [4.69, 9.17) is 16.3 Å². The van der Waals surface area contributed by atoms with Crippen LogP contribution in [0.3, 0.4) is 0 Å². The number of amides is 2. The molecule has 0 unspecified atom stereocenters. The molecule has 3 aromatic rings. The van der Waals surface area contributed by atoms with Crippen molar-refractivity contribution in [2.75, 3.05) is 17.3 Å². The van der Waals surface area contributed by atoms with E-state index in [0.717, 1.165) is 9.80 Å². The number of thioether (sulfide) groups is 1. The summed E-state index contributed by atoms with van der Waals surface area (Å²) in [6.45, 7) is 0. The number of para-hydroxylation sites is 3. The van der Waals surface area contributed by atoms with E-state index in [0.29, 0.717) is 22.1 Å². The van der Waals surface area contributed by atoms with Crippen molar-refractivity contribution >= 4 is 46.6 Å². The highest BCUT2D eigenvalue weighted by Gasteiger charge is 2.41. The van der Waals surface area contributed by atoms with Gasteiger partial charge < -0.3 is 10.1 Å². The normalized spacial score (nSPS) is 13.7. The van der Waals surface area contributed by atoms with Crippen LogP contribution in [0.4, 0.5) is 11.4 Å². The van der Waals surface area contributed by atoms with Crippen LogP contribution in [0.1, 0.15) is 0 Å². The molecule has 1 aliphatic heterocycles. The summed E-state index contributed by atoms with van der Waals surface area (Å²) in [6, 6.07) is 23.4. The zero-order chi connectivity index (χ0) is 21.1. The smallest absolute Gasteiger partial charge is 0.283 e. The highest BCUT2D eigenvalue weighted by atomic mass is 35.5. The number of imide groups is 1. The second-order valence-electron chi connectivity index (χ2n) is 6.34. The van der Waals surface area contributed by atoms with Crippen molar-refractivity contribution in [1.29, 1.82) is 0 Å². The van der Waals surface area contributed by atoms with Crippen molar-refractivity contribution in [3.05, 3.63) is 94.5 Å². The van der Waals surface area contributed by atoms with E-state index in [-0.39, 0.29) is 10.6 Å². The average molecular weight is 437 g/mol. The number of hydrogen-bond acceptors (Lipinski definition) is 5. The van der Waals surface area contributed by atoms with Gasteiger partial charge in [-0.05, 0) is 36.4 Å². The summed E-state index contributed by atoms with van der Waals surface area (Å²) in [5.41, 5.74) is 1.11. The lowest BCUT2D eigenvalue weighted by molar-refractivity contribution is -0.120. The van der Waals surface area contributed by atoms with Gasteiger partial charge in [-0.15, -0.1) is 0 Å². The molecule has 1 aliphatic rings. The number of nitrogens with zero attached hydrogens (tertiary/aromatic N) is 1. The minimum Gasteiger partial charge on any atom is -0.495 e. The maximum Gasteiger partial charge on any atom is 0.283 e. The number of anilines is 2. The van der Waals surface area contributed by atoms with Gasteiger partial charge in [-0.2, -0.15) is 0 Å². The van der Waals surface area contributed by atoms with Crippen LogP contribution in [0.15, 0.2) is 94.4 Å². The number of carbonyl (C=O) groups is 2. The third-order valence-electron chi connectivity index (χ3n) is 4.46. The molecule has 30 heavy (non-hydrogen) atoms. The highest BCUT2D eigenvalue weighted by Crippen LogP contribution is 2.40. The van der Waals surface area contributed by atoms with Crippen LogP contribution >= 0.6 is 23.4 Å². The molecule has 0 aromatic heterocycles. The van der Waals surface area contributed by atoms with Gasteiger partial charge >= 0.3 is 0 Å². The number of ether oxygens (including phenoxy) is 1. The van der Waals surface area contributed by atoms with Gasteiger partial charge in [0.2, 0.25) is 0 Å². The molecule has 150 valence electrons. The van der Waals surface area contributed by atoms with Crippen molar-refractivity contribution in [2.45, 2.75) is 4.90 Å². The minimum absolute atomic E-state index is 0.179. The Morgan fingerprint density at radius 3 is 2.27 bits per heavy atom. The van der Waals surface area contributed by atoms with Crippen molar-refractivity contribution in [3.8, 4) is 5.75 Å². The van der Waals surface area contributed by atoms with Crippen molar-refractivity contribution in [2.24, 2.45) is 0 Å². The first kappa shape index (κ1) is 20.1. The highest BCUT2D eigenvalue weighted by molar-refractivity contribution is 8.04. The number of benzene rings is 3. The second kappa shape index (κ2) is 8.65. The zero-order valence-corrected chi connectivity index (χ0v) is 17.5. The standard InChI is InChI=1S/C23H17ClN2O3S/c1-29-19-14-8-6-12-17(19)25-20-21(30-15-9-3-2-4-10-15)23(28)26(22(20)27)18-13-7-5-11-16(18)24/h2-14,25H,1H3. The molecule has 7 heteroatoms.